The number of aliphatic carboxylic acids is 1. The monoisotopic (exact) mass is 421 g/mol. The second-order valence-electron chi connectivity index (χ2n) is 7.72. The fraction of sp³-hybridized carbons (Fsp3) is 0.273. The standard InChI is InChI=1S/C22H19N3O4S/c26-19(27)13-9-22(10-13,20-25-23-12-30-20)24-21(28)29-11-18-16-7-3-1-5-14(16)15-6-2-4-8-17(15)18/h1-8,12-13,18H,9-11H2,(H,24,28)(H,26,27). The van der Waals surface area contributed by atoms with Crippen LogP contribution in [0.15, 0.2) is 54.0 Å². The van der Waals surface area contributed by atoms with Crippen LogP contribution < -0.4 is 5.32 Å². The van der Waals surface area contributed by atoms with Gasteiger partial charge in [-0.25, -0.2) is 4.79 Å². The van der Waals surface area contributed by atoms with Crippen LogP contribution in [0.3, 0.4) is 0 Å². The number of carboxylic acids is 1. The molecule has 30 heavy (non-hydrogen) atoms. The van der Waals surface area contributed by atoms with Crippen molar-refractivity contribution in [2.45, 2.75) is 24.3 Å². The van der Waals surface area contributed by atoms with Gasteiger partial charge in [0.1, 0.15) is 17.1 Å². The van der Waals surface area contributed by atoms with E-state index in [1.807, 2.05) is 24.3 Å². The van der Waals surface area contributed by atoms with Crippen molar-refractivity contribution in [3.05, 3.63) is 70.2 Å². The van der Waals surface area contributed by atoms with Crippen LogP contribution in [0.2, 0.25) is 0 Å². The Morgan fingerprint density at radius 1 is 1.10 bits per heavy atom. The quantitative estimate of drug-likeness (QED) is 0.650. The number of benzene rings is 2. The Balaban J connectivity index is 1.31. The Hall–Kier alpha value is -3.26. The molecule has 0 spiro atoms. The lowest BCUT2D eigenvalue weighted by Crippen LogP contribution is -2.56. The molecule has 1 amide bonds. The van der Waals surface area contributed by atoms with Crippen molar-refractivity contribution in [1.29, 1.82) is 0 Å². The largest absolute Gasteiger partial charge is 0.481 e. The van der Waals surface area contributed by atoms with Gasteiger partial charge in [-0.05, 0) is 35.1 Å². The molecule has 1 fully saturated rings. The molecule has 5 rings (SSSR count). The van der Waals surface area contributed by atoms with Gasteiger partial charge in [0.05, 0.1) is 11.5 Å². The van der Waals surface area contributed by atoms with Gasteiger partial charge in [-0.1, -0.05) is 48.5 Å². The highest BCUT2D eigenvalue weighted by molar-refractivity contribution is 7.09. The van der Waals surface area contributed by atoms with Crippen LogP contribution in [0.4, 0.5) is 4.79 Å². The van der Waals surface area contributed by atoms with Crippen LogP contribution in [0.1, 0.15) is 34.9 Å². The molecule has 1 aromatic heterocycles. The highest BCUT2D eigenvalue weighted by Crippen LogP contribution is 2.47. The highest BCUT2D eigenvalue weighted by Gasteiger charge is 2.52. The number of rotatable bonds is 5. The van der Waals surface area contributed by atoms with E-state index >= 15 is 0 Å². The summed E-state index contributed by atoms with van der Waals surface area (Å²) in [5.74, 6) is -1.42. The number of hydrogen-bond donors (Lipinski definition) is 2. The summed E-state index contributed by atoms with van der Waals surface area (Å²) < 4.78 is 5.62. The number of amides is 1. The number of nitrogens with one attached hydrogen (secondary N) is 1. The summed E-state index contributed by atoms with van der Waals surface area (Å²) in [6.45, 7) is 0.203. The van der Waals surface area contributed by atoms with Gasteiger partial charge in [0.25, 0.3) is 0 Å². The molecule has 0 unspecified atom stereocenters. The third-order valence-corrected chi connectivity index (χ3v) is 6.89. The molecule has 152 valence electrons. The van der Waals surface area contributed by atoms with Crippen LogP contribution in [0, 0.1) is 5.92 Å². The molecule has 2 aromatic carbocycles. The second-order valence-corrected chi connectivity index (χ2v) is 8.55. The SMILES string of the molecule is O=C(NC1(c2nncs2)CC(C(=O)O)C1)OCC1c2ccccc2-c2ccccc21. The van der Waals surface area contributed by atoms with Crippen LogP contribution in [0.25, 0.3) is 11.1 Å². The average molecular weight is 421 g/mol. The van der Waals surface area contributed by atoms with E-state index in [1.165, 1.54) is 11.3 Å². The van der Waals surface area contributed by atoms with E-state index in [-0.39, 0.29) is 25.4 Å². The fourth-order valence-electron chi connectivity index (χ4n) is 4.50. The van der Waals surface area contributed by atoms with Gasteiger partial charge in [-0.3, -0.25) is 4.79 Å². The molecule has 0 bridgehead atoms. The fourth-order valence-corrected chi connectivity index (χ4v) is 5.23. The Morgan fingerprint density at radius 3 is 2.30 bits per heavy atom. The Kier molecular flexibility index (Phi) is 4.51. The molecule has 8 heteroatoms. The number of aromatic nitrogens is 2. The van der Waals surface area contributed by atoms with Gasteiger partial charge in [0.15, 0.2) is 0 Å². The molecular formula is C22H19N3O4S. The minimum Gasteiger partial charge on any atom is -0.481 e. The molecule has 1 saturated carbocycles. The first-order valence-corrected chi connectivity index (χ1v) is 10.6. The lowest BCUT2D eigenvalue weighted by atomic mass is 9.68. The van der Waals surface area contributed by atoms with Crippen LogP contribution in [0.5, 0.6) is 0 Å². The summed E-state index contributed by atoms with van der Waals surface area (Å²) in [4.78, 5) is 24.0. The zero-order chi connectivity index (χ0) is 20.7. The van der Waals surface area contributed by atoms with E-state index in [1.54, 1.807) is 5.51 Å². The van der Waals surface area contributed by atoms with E-state index in [4.69, 9.17) is 4.74 Å². The van der Waals surface area contributed by atoms with Gasteiger partial charge in [-0.2, -0.15) is 0 Å². The third-order valence-electron chi connectivity index (χ3n) is 5.99. The number of fused-ring (bicyclic) bond motifs is 3. The summed E-state index contributed by atoms with van der Waals surface area (Å²) in [7, 11) is 0. The Bertz CT molecular complexity index is 1060. The van der Waals surface area contributed by atoms with Gasteiger partial charge < -0.3 is 15.2 Å². The number of ether oxygens (including phenoxy) is 1. The molecule has 0 aliphatic heterocycles. The first-order valence-electron chi connectivity index (χ1n) is 9.70. The second kappa shape index (κ2) is 7.21. The van der Waals surface area contributed by atoms with Gasteiger partial charge >= 0.3 is 12.1 Å². The number of carboxylic acid groups (broad SMARTS) is 1. The minimum atomic E-state index is -0.871. The van der Waals surface area contributed by atoms with Crippen molar-refractivity contribution in [1.82, 2.24) is 15.5 Å². The van der Waals surface area contributed by atoms with Crippen molar-refractivity contribution in [3.8, 4) is 11.1 Å². The molecule has 7 nitrogen and oxygen atoms in total. The van der Waals surface area contributed by atoms with Gasteiger partial charge in [0.2, 0.25) is 0 Å². The zero-order valence-electron chi connectivity index (χ0n) is 15.9. The highest BCUT2D eigenvalue weighted by atomic mass is 32.1. The number of carbonyl (C=O) groups excluding carboxylic acids is 1. The van der Waals surface area contributed by atoms with Crippen LogP contribution in [-0.2, 0) is 15.1 Å². The van der Waals surface area contributed by atoms with Gasteiger partial charge in [-0.15, -0.1) is 21.5 Å². The van der Waals surface area contributed by atoms with Crippen molar-refractivity contribution >= 4 is 23.4 Å². The predicted molar refractivity (Wildman–Crippen MR) is 110 cm³/mol. The van der Waals surface area contributed by atoms with E-state index in [9.17, 15) is 14.7 Å². The summed E-state index contributed by atoms with van der Waals surface area (Å²) in [5.41, 5.74) is 5.35. The molecule has 0 radical (unpaired) electrons. The first kappa shape index (κ1) is 18.7. The topological polar surface area (TPSA) is 101 Å². The van der Waals surface area contributed by atoms with Crippen LogP contribution in [-0.4, -0.2) is 34.0 Å². The van der Waals surface area contributed by atoms with E-state index in [0.717, 1.165) is 22.3 Å². The maximum absolute atomic E-state index is 12.7. The van der Waals surface area contributed by atoms with Crippen molar-refractivity contribution in [2.75, 3.05) is 6.61 Å². The summed E-state index contributed by atoms with van der Waals surface area (Å²) in [6, 6.07) is 16.3. The molecule has 1 heterocycles. The zero-order valence-corrected chi connectivity index (χ0v) is 16.8. The molecule has 2 aliphatic carbocycles. The Labute approximate surface area is 176 Å². The lowest BCUT2D eigenvalue weighted by molar-refractivity contribution is -0.148. The molecule has 0 saturated heterocycles. The first-order chi connectivity index (χ1) is 14.6. The molecule has 0 atom stereocenters. The summed E-state index contributed by atoms with van der Waals surface area (Å²) in [6.07, 6.45) is -0.0143. The van der Waals surface area contributed by atoms with Crippen molar-refractivity contribution in [3.63, 3.8) is 0 Å². The maximum atomic E-state index is 12.7. The van der Waals surface area contributed by atoms with E-state index in [2.05, 4.69) is 39.8 Å². The minimum absolute atomic E-state index is 0.0335. The lowest BCUT2D eigenvalue weighted by Gasteiger charge is -2.44. The predicted octanol–water partition coefficient (Wildman–Crippen LogP) is 3.77. The number of alkyl carbamates (subject to hydrolysis) is 1. The van der Waals surface area contributed by atoms with Crippen LogP contribution >= 0.6 is 11.3 Å². The molecule has 2 aliphatic rings. The molecule has 3 aromatic rings. The summed E-state index contributed by atoms with van der Waals surface area (Å²) in [5, 5.41) is 20.6. The number of nitrogens with zero attached hydrogens (tertiary/aromatic N) is 2. The van der Waals surface area contributed by atoms with Gasteiger partial charge in [0, 0.05) is 5.92 Å². The van der Waals surface area contributed by atoms with E-state index in [0.29, 0.717) is 5.01 Å². The normalized spacial score (nSPS) is 21.9. The smallest absolute Gasteiger partial charge is 0.407 e. The maximum Gasteiger partial charge on any atom is 0.407 e. The summed E-state index contributed by atoms with van der Waals surface area (Å²) >= 11 is 1.30. The third kappa shape index (κ3) is 3.04. The van der Waals surface area contributed by atoms with Crippen molar-refractivity contribution < 1.29 is 19.4 Å². The van der Waals surface area contributed by atoms with Crippen molar-refractivity contribution in [2.24, 2.45) is 5.92 Å². The number of carbonyl (C=O) groups is 2. The average Bonchev–Trinajstić information content (AvgIpc) is 3.36. The molecule has 2 N–H and O–H groups in total. The Morgan fingerprint density at radius 2 is 1.73 bits per heavy atom. The number of hydrogen-bond acceptors (Lipinski definition) is 6. The van der Waals surface area contributed by atoms with E-state index < -0.39 is 23.5 Å². The molecular weight excluding hydrogens is 402 g/mol.